The van der Waals surface area contributed by atoms with Crippen LogP contribution < -0.4 is 0 Å². The maximum atomic E-state index is 14.9. The van der Waals surface area contributed by atoms with Crippen LogP contribution in [0.3, 0.4) is 0 Å². The molecule has 0 aliphatic rings. The van der Waals surface area contributed by atoms with Gasteiger partial charge in [0, 0.05) is 23.0 Å². The Kier molecular flexibility index (Phi) is 8.62. The maximum Gasteiger partial charge on any atom is 0.149 e. The normalized spacial score (nSPS) is 12.5. The number of phenolic OH excluding ortho intramolecular Hbond substituents is 1. The lowest BCUT2D eigenvalue weighted by Crippen LogP contribution is -2.17. The van der Waals surface area contributed by atoms with Crippen LogP contribution in [0.2, 0.25) is 0 Å². The number of benzene rings is 4. The maximum absolute atomic E-state index is 14.9. The van der Waals surface area contributed by atoms with Gasteiger partial charge in [0.2, 0.25) is 0 Å². The number of rotatable bonds is 5. The van der Waals surface area contributed by atoms with E-state index in [-0.39, 0.29) is 22.0 Å². The van der Waals surface area contributed by atoms with Crippen molar-refractivity contribution in [2.24, 2.45) is 0 Å². The van der Waals surface area contributed by atoms with Gasteiger partial charge in [0.1, 0.15) is 17.4 Å². The van der Waals surface area contributed by atoms with E-state index in [4.69, 9.17) is 9.97 Å². The van der Waals surface area contributed by atoms with Crippen molar-refractivity contribution in [2.45, 2.75) is 85.5 Å². The second-order valence-electron chi connectivity index (χ2n) is 16.6. The van der Waals surface area contributed by atoms with Crippen molar-refractivity contribution in [3.05, 3.63) is 126 Å². The molecule has 256 valence electrons. The lowest BCUT2D eigenvalue weighted by atomic mass is 9.80. The third-order valence-corrected chi connectivity index (χ3v) is 9.45. The zero-order chi connectivity index (χ0) is 36.3. The summed E-state index contributed by atoms with van der Waals surface area (Å²) in [6.45, 7) is 26.0. The Hall–Kier alpha value is -5.03. The Labute approximate surface area is 296 Å². The van der Waals surface area contributed by atoms with Crippen molar-refractivity contribution in [2.75, 3.05) is 0 Å². The molecule has 6 rings (SSSR count). The Morgan fingerprint density at radius 2 is 1.32 bits per heavy atom. The zero-order valence-electron chi connectivity index (χ0n) is 31.0. The molecule has 0 amide bonds. The van der Waals surface area contributed by atoms with E-state index in [0.29, 0.717) is 11.4 Å². The first-order valence-corrected chi connectivity index (χ1v) is 17.3. The molecule has 4 aromatic carbocycles. The number of hydrogen-bond acceptors (Lipinski definition) is 3. The molecule has 0 radical (unpaired) electrons. The Balaban J connectivity index is 1.70. The summed E-state index contributed by atoms with van der Waals surface area (Å²) in [4.78, 5) is 10.0. The molecule has 0 unspecified atom stereocenters. The highest BCUT2D eigenvalue weighted by Gasteiger charge is 2.26. The summed E-state index contributed by atoms with van der Waals surface area (Å²) < 4.78 is 17.0. The molecule has 0 saturated heterocycles. The first-order chi connectivity index (χ1) is 23.3. The molecule has 6 aromatic rings. The molecule has 50 heavy (non-hydrogen) atoms. The molecule has 0 aliphatic heterocycles. The van der Waals surface area contributed by atoms with Crippen LogP contribution >= 0.6 is 0 Å². The molecule has 0 aliphatic carbocycles. The molecule has 0 fully saturated rings. The lowest BCUT2D eigenvalue weighted by Gasteiger charge is -2.27. The number of para-hydroxylation sites is 1. The van der Waals surface area contributed by atoms with Crippen LogP contribution in [0, 0.1) is 5.82 Å². The Morgan fingerprint density at radius 3 is 1.94 bits per heavy atom. The number of halogens is 1. The molecule has 2 heterocycles. The highest BCUT2D eigenvalue weighted by atomic mass is 19.1. The van der Waals surface area contributed by atoms with Crippen molar-refractivity contribution in [1.82, 2.24) is 14.5 Å². The Bertz CT molecular complexity index is 2240. The van der Waals surface area contributed by atoms with Gasteiger partial charge in [-0.15, -0.1) is 0 Å². The standard InChI is InChI=1S/C45H48FN3O/c1-27(2)28-17-18-47-38(22-28)30-19-29(20-31(21-30)43(3,4)5)36-13-12-14-39-41(36)48-42(37-26-34(46)15-16-40(37)50)49(39)35-24-32(44(6,7)8)23-33(25-35)45(9,10)11/h12-26,50H,1H2,2-11H3. The fourth-order valence-corrected chi connectivity index (χ4v) is 6.29. The average molecular weight is 666 g/mol. The van der Waals surface area contributed by atoms with Gasteiger partial charge in [-0.3, -0.25) is 9.55 Å². The van der Waals surface area contributed by atoms with Gasteiger partial charge in [0.15, 0.2) is 0 Å². The first kappa shape index (κ1) is 34.8. The van der Waals surface area contributed by atoms with Gasteiger partial charge in [0.25, 0.3) is 0 Å². The van der Waals surface area contributed by atoms with Crippen LogP contribution in [0.1, 0.15) is 91.5 Å². The number of fused-ring (bicyclic) bond motifs is 1. The molecule has 0 spiro atoms. The average Bonchev–Trinajstić information content (AvgIpc) is 3.44. The van der Waals surface area contributed by atoms with Crippen molar-refractivity contribution in [1.29, 1.82) is 0 Å². The predicted molar refractivity (Wildman–Crippen MR) is 208 cm³/mol. The fourth-order valence-electron chi connectivity index (χ4n) is 6.29. The molecular weight excluding hydrogens is 618 g/mol. The molecule has 0 bridgehead atoms. The number of aromatic nitrogens is 3. The molecule has 4 nitrogen and oxygen atoms in total. The van der Waals surface area contributed by atoms with E-state index in [0.717, 1.165) is 50.2 Å². The van der Waals surface area contributed by atoms with Crippen LogP contribution in [0.15, 0.2) is 97.7 Å². The summed E-state index contributed by atoms with van der Waals surface area (Å²) in [6.07, 6.45) is 1.83. The van der Waals surface area contributed by atoms with Crippen molar-refractivity contribution in [3.8, 4) is 45.2 Å². The lowest BCUT2D eigenvalue weighted by molar-refractivity contribution is 0.474. The van der Waals surface area contributed by atoms with Crippen molar-refractivity contribution in [3.63, 3.8) is 0 Å². The van der Waals surface area contributed by atoms with Crippen LogP contribution in [-0.4, -0.2) is 19.6 Å². The summed E-state index contributed by atoms with van der Waals surface area (Å²) in [5, 5.41) is 11.2. The molecule has 1 N–H and O–H groups in total. The number of allylic oxidation sites excluding steroid dienone is 1. The number of hydrogen-bond donors (Lipinski definition) is 1. The molecule has 0 atom stereocenters. The van der Waals surface area contributed by atoms with Gasteiger partial charge in [-0.05, 0) is 112 Å². The second-order valence-corrected chi connectivity index (χ2v) is 16.6. The first-order valence-electron chi connectivity index (χ1n) is 17.3. The molecule has 2 aromatic heterocycles. The van der Waals surface area contributed by atoms with E-state index >= 15 is 0 Å². The minimum absolute atomic E-state index is 0.0342. The van der Waals surface area contributed by atoms with Gasteiger partial charge >= 0.3 is 0 Å². The summed E-state index contributed by atoms with van der Waals surface area (Å²) >= 11 is 0. The number of pyridine rings is 1. The summed E-state index contributed by atoms with van der Waals surface area (Å²) in [7, 11) is 0. The highest BCUT2D eigenvalue weighted by molar-refractivity contribution is 5.96. The van der Waals surface area contributed by atoms with Gasteiger partial charge in [-0.1, -0.05) is 98.7 Å². The number of nitrogens with zero attached hydrogens (tertiary/aromatic N) is 3. The monoisotopic (exact) mass is 665 g/mol. The number of phenols is 1. The van der Waals surface area contributed by atoms with Crippen molar-refractivity contribution >= 4 is 16.6 Å². The second kappa shape index (κ2) is 12.4. The summed E-state index contributed by atoms with van der Waals surface area (Å²) in [6, 6.07) is 27.6. The van der Waals surface area contributed by atoms with Gasteiger partial charge in [-0.25, -0.2) is 9.37 Å². The molecule has 5 heteroatoms. The SMILES string of the molecule is C=C(C)c1ccnc(-c2cc(-c3cccc4c3nc(-c3cc(F)ccc3O)n4-c3cc(C(C)(C)C)cc(C(C)(C)C)c3)cc(C(C)(C)C)c2)c1. The van der Waals surface area contributed by atoms with E-state index < -0.39 is 5.82 Å². The minimum atomic E-state index is -0.442. The topological polar surface area (TPSA) is 50.9 Å². The molecule has 0 saturated carbocycles. The van der Waals surface area contributed by atoms with Gasteiger partial charge < -0.3 is 5.11 Å². The summed E-state index contributed by atoms with van der Waals surface area (Å²) in [5.41, 5.74) is 11.8. The minimum Gasteiger partial charge on any atom is -0.507 e. The van der Waals surface area contributed by atoms with E-state index in [1.54, 1.807) is 0 Å². The van der Waals surface area contributed by atoms with E-state index in [9.17, 15) is 9.50 Å². The van der Waals surface area contributed by atoms with Gasteiger partial charge in [-0.2, -0.15) is 0 Å². The zero-order valence-corrected chi connectivity index (χ0v) is 31.0. The van der Waals surface area contributed by atoms with E-state index in [2.05, 4.69) is 128 Å². The van der Waals surface area contributed by atoms with Crippen LogP contribution in [0.5, 0.6) is 5.75 Å². The number of imidazole rings is 1. The van der Waals surface area contributed by atoms with E-state index in [1.165, 1.54) is 34.9 Å². The van der Waals surface area contributed by atoms with Crippen LogP contribution in [0.4, 0.5) is 4.39 Å². The predicted octanol–water partition coefficient (Wildman–Crippen LogP) is 12.2. The van der Waals surface area contributed by atoms with E-state index in [1.807, 2.05) is 25.3 Å². The smallest absolute Gasteiger partial charge is 0.149 e. The molecular formula is C45H48FN3O. The largest absolute Gasteiger partial charge is 0.507 e. The Morgan fingerprint density at radius 1 is 0.700 bits per heavy atom. The third-order valence-electron chi connectivity index (χ3n) is 9.45. The highest BCUT2D eigenvalue weighted by Crippen LogP contribution is 2.41. The number of aromatic hydroxyl groups is 1. The van der Waals surface area contributed by atoms with Gasteiger partial charge in [0.05, 0.1) is 22.3 Å². The third kappa shape index (κ3) is 6.74. The fraction of sp³-hybridized carbons (Fsp3) is 0.289. The van der Waals surface area contributed by atoms with Crippen LogP contribution in [-0.2, 0) is 16.2 Å². The quantitative estimate of drug-likeness (QED) is 0.199. The van der Waals surface area contributed by atoms with Crippen LogP contribution in [0.25, 0.3) is 56.1 Å². The summed E-state index contributed by atoms with van der Waals surface area (Å²) in [5.74, 6) is -0.00568. The van der Waals surface area contributed by atoms with Crippen molar-refractivity contribution < 1.29 is 9.50 Å².